The molecule has 0 saturated carbocycles. The summed E-state index contributed by atoms with van der Waals surface area (Å²) in [6.07, 6.45) is 3.76. The van der Waals surface area contributed by atoms with Crippen molar-refractivity contribution in [3.63, 3.8) is 0 Å². The van der Waals surface area contributed by atoms with Crippen LogP contribution in [0.5, 0.6) is 0 Å². The van der Waals surface area contributed by atoms with E-state index in [2.05, 4.69) is 15.9 Å². The SMILES string of the molecule is ClCC=Cc1c(Cl)cccc1Br. The summed E-state index contributed by atoms with van der Waals surface area (Å²) >= 11 is 14.9. The largest absolute Gasteiger partial charge is 0.122 e. The molecule has 0 amide bonds. The highest BCUT2D eigenvalue weighted by atomic mass is 79.9. The third-order valence-corrected chi connectivity index (χ3v) is 2.57. The molecule has 0 bridgehead atoms. The van der Waals surface area contributed by atoms with Crippen molar-refractivity contribution in [2.45, 2.75) is 0 Å². The van der Waals surface area contributed by atoms with E-state index in [0.717, 1.165) is 15.1 Å². The summed E-state index contributed by atoms with van der Waals surface area (Å²) in [4.78, 5) is 0. The van der Waals surface area contributed by atoms with Crippen LogP contribution in [0, 0.1) is 0 Å². The average Bonchev–Trinajstić information content (AvgIpc) is 2.04. The monoisotopic (exact) mass is 264 g/mol. The Hall–Kier alpha value is 0.0200. The summed E-state index contributed by atoms with van der Waals surface area (Å²) in [6.45, 7) is 0. The molecule has 3 heteroatoms. The molecule has 1 aromatic rings. The average molecular weight is 266 g/mol. The van der Waals surface area contributed by atoms with E-state index in [-0.39, 0.29) is 0 Å². The Labute approximate surface area is 90.3 Å². The first-order valence-electron chi connectivity index (χ1n) is 3.42. The summed E-state index contributed by atoms with van der Waals surface area (Å²) in [5.41, 5.74) is 0.972. The maximum atomic E-state index is 5.94. The van der Waals surface area contributed by atoms with Gasteiger partial charge in [-0.2, -0.15) is 0 Å². The van der Waals surface area contributed by atoms with Crippen LogP contribution in [-0.4, -0.2) is 5.88 Å². The topological polar surface area (TPSA) is 0 Å². The third-order valence-electron chi connectivity index (χ3n) is 1.37. The molecule has 0 N–H and O–H groups in total. The number of benzene rings is 1. The zero-order chi connectivity index (χ0) is 8.97. The van der Waals surface area contributed by atoms with Gasteiger partial charge >= 0.3 is 0 Å². The Morgan fingerprint density at radius 3 is 2.75 bits per heavy atom. The summed E-state index contributed by atoms with van der Waals surface area (Å²) < 4.78 is 0.983. The minimum Gasteiger partial charge on any atom is -0.122 e. The van der Waals surface area contributed by atoms with Crippen LogP contribution in [0.3, 0.4) is 0 Å². The zero-order valence-corrected chi connectivity index (χ0v) is 9.33. The number of hydrogen-bond donors (Lipinski definition) is 0. The van der Waals surface area contributed by atoms with Gasteiger partial charge in [0.2, 0.25) is 0 Å². The van der Waals surface area contributed by atoms with Crippen LogP contribution in [0.4, 0.5) is 0 Å². The lowest BCUT2D eigenvalue weighted by atomic mass is 10.2. The highest BCUT2D eigenvalue weighted by Gasteiger charge is 1.99. The van der Waals surface area contributed by atoms with Crippen molar-refractivity contribution in [1.29, 1.82) is 0 Å². The van der Waals surface area contributed by atoms with Crippen molar-refractivity contribution in [3.05, 3.63) is 39.3 Å². The first-order chi connectivity index (χ1) is 5.75. The number of halogens is 3. The van der Waals surface area contributed by atoms with Crippen molar-refractivity contribution < 1.29 is 0 Å². The second-order valence-electron chi connectivity index (χ2n) is 2.19. The number of hydrogen-bond acceptors (Lipinski definition) is 0. The molecule has 0 fully saturated rings. The number of rotatable bonds is 2. The highest BCUT2D eigenvalue weighted by molar-refractivity contribution is 9.10. The Balaban J connectivity index is 3.04. The van der Waals surface area contributed by atoms with Crippen molar-refractivity contribution in [3.8, 4) is 0 Å². The summed E-state index contributed by atoms with van der Waals surface area (Å²) in [6, 6.07) is 5.68. The van der Waals surface area contributed by atoms with Gasteiger partial charge in [-0.25, -0.2) is 0 Å². The van der Waals surface area contributed by atoms with E-state index >= 15 is 0 Å². The van der Waals surface area contributed by atoms with Gasteiger partial charge in [0.05, 0.1) is 0 Å². The minimum absolute atomic E-state index is 0.498. The molecule has 1 rings (SSSR count). The van der Waals surface area contributed by atoms with Crippen LogP contribution in [0.15, 0.2) is 28.7 Å². The molecule has 0 heterocycles. The molecule has 0 spiro atoms. The lowest BCUT2D eigenvalue weighted by molar-refractivity contribution is 1.59. The van der Waals surface area contributed by atoms with Crippen LogP contribution in [0.2, 0.25) is 5.02 Å². The predicted molar refractivity (Wildman–Crippen MR) is 58.9 cm³/mol. The molecule has 0 saturated heterocycles. The van der Waals surface area contributed by atoms with E-state index in [1.165, 1.54) is 0 Å². The lowest BCUT2D eigenvalue weighted by Crippen LogP contribution is -1.77. The molecule has 0 radical (unpaired) electrons. The quantitative estimate of drug-likeness (QED) is 0.698. The normalized spacial score (nSPS) is 10.9. The molecule has 64 valence electrons. The highest BCUT2D eigenvalue weighted by Crippen LogP contribution is 2.25. The molecule has 0 aliphatic rings. The minimum atomic E-state index is 0.498. The molecule has 0 aliphatic heterocycles. The van der Waals surface area contributed by atoms with Gasteiger partial charge in [0, 0.05) is 20.9 Å². The second-order valence-corrected chi connectivity index (χ2v) is 3.76. The van der Waals surface area contributed by atoms with Crippen molar-refractivity contribution in [2.75, 3.05) is 5.88 Å². The Kier molecular flexibility index (Phi) is 4.13. The fourth-order valence-corrected chi connectivity index (χ4v) is 1.77. The van der Waals surface area contributed by atoms with Gasteiger partial charge in [-0.05, 0) is 12.1 Å². The van der Waals surface area contributed by atoms with E-state index in [4.69, 9.17) is 23.2 Å². The standard InChI is InChI=1S/C9H7BrCl2/c10-8-4-1-5-9(12)7(8)3-2-6-11/h1-5H,6H2. The molecule has 0 unspecified atom stereocenters. The molecule has 0 nitrogen and oxygen atoms in total. The second kappa shape index (κ2) is 4.90. The van der Waals surface area contributed by atoms with E-state index in [9.17, 15) is 0 Å². The van der Waals surface area contributed by atoms with E-state index < -0.39 is 0 Å². The summed E-state index contributed by atoms with van der Waals surface area (Å²) in [5.74, 6) is 0.498. The van der Waals surface area contributed by atoms with Gasteiger partial charge in [0.1, 0.15) is 0 Å². The molecule has 0 aromatic heterocycles. The van der Waals surface area contributed by atoms with Gasteiger partial charge in [-0.1, -0.05) is 45.7 Å². The van der Waals surface area contributed by atoms with Gasteiger partial charge in [-0.15, -0.1) is 11.6 Å². The Bertz CT molecular complexity index is 274. The Morgan fingerprint density at radius 1 is 1.42 bits per heavy atom. The maximum Gasteiger partial charge on any atom is 0.0489 e. The van der Waals surface area contributed by atoms with Crippen molar-refractivity contribution in [2.24, 2.45) is 0 Å². The fourth-order valence-electron chi connectivity index (χ4n) is 0.832. The van der Waals surface area contributed by atoms with Crippen LogP contribution >= 0.6 is 39.1 Å². The molecular formula is C9H7BrCl2. The summed E-state index contributed by atoms with van der Waals surface area (Å²) in [5, 5.41) is 0.728. The van der Waals surface area contributed by atoms with Gasteiger partial charge in [0.25, 0.3) is 0 Å². The van der Waals surface area contributed by atoms with Crippen molar-refractivity contribution >= 4 is 45.2 Å². The molecular weight excluding hydrogens is 259 g/mol. The molecule has 0 aliphatic carbocycles. The van der Waals surface area contributed by atoms with Crippen LogP contribution < -0.4 is 0 Å². The van der Waals surface area contributed by atoms with Crippen LogP contribution in [-0.2, 0) is 0 Å². The Morgan fingerprint density at radius 2 is 2.17 bits per heavy atom. The van der Waals surface area contributed by atoms with Crippen LogP contribution in [0.25, 0.3) is 6.08 Å². The first kappa shape index (κ1) is 10.1. The predicted octanol–water partition coefficient (Wildman–Crippen LogP) is 4.35. The van der Waals surface area contributed by atoms with E-state index in [0.29, 0.717) is 5.88 Å². The summed E-state index contributed by atoms with van der Waals surface area (Å²) in [7, 11) is 0. The number of alkyl halides is 1. The molecule has 1 aromatic carbocycles. The van der Waals surface area contributed by atoms with E-state index in [1.807, 2.05) is 30.4 Å². The number of allylic oxidation sites excluding steroid dienone is 1. The lowest BCUT2D eigenvalue weighted by Gasteiger charge is -1.99. The third kappa shape index (κ3) is 2.51. The first-order valence-corrected chi connectivity index (χ1v) is 5.12. The van der Waals surface area contributed by atoms with Gasteiger partial charge in [-0.3, -0.25) is 0 Å². The smallest absolute Gasteiger partial charge is 0.0489 e. The molecule has 12 heavy (non-hydrogen) atoms. The molecule has 0 atom stereocenters. The van der Waals surface area contributed by atoms with Crippen LogP contribution in [0.1, 0.15) is 5.56 Å². The maximum absolute atomic E-state index is 5.94. The van der Waals surface area contributed by atoms with Gasteiger partial charge in [0.15, 0.2) is 0 Å². The zero-order valence-electron chi connectivity index (χ0n) is 6.23. The van der Waals surface area contributed by atoms with Gasteiger partial charge < -0.3 is 0 Å². The fraction of sp³-hybridized carbons (Fsp3) is 0.111. The van der Waals surface area contributed by atoms with E-state index in [1.54, 1.807) is 0 Å². The van der Waals surface area contributed by atoms with Crippen molar-refractivity contribution in [1.82, 2.24) is 0 Å².